The van der Waals surface area contributed by atoms with Crippen molar-refractivity contribution in [3.8, 4) is 0 Å². The molecule has 2 N–H and O–H groups in total. The van der Waals surface area contributed by atoms with Crippen LogP contribution in [-0.4, -0.2) is 22.2 Å². The molecule has 1 aliphatic carbocycles. The van der Waals surface area contributed by atoms with Crippen molar-refractivity contribution in [2.24, 2.45) is 5.92 Å². The Morgan fingerprint density at radius 2 is 2.33 bits per heavy atom. The molecular formula is C12H16N2O. The van der Waals surface area contributed by atoms with Crippen LogP contribution in [0.1, 0.15) is 31.1 Å². The van der Waals surface area contributed by atoms with E-state index in [0.717, 1.165) is 31.0 Å². The van der Waals surface area contributed by atoms with Crippen molar-refractivity contribution in [2.45, 2.75) is 30.9 Å². The molecule has 1 unspecified atom stereocenters. The monoisotopic (exact) mass is 204 g/mol. The van der Waals surface area contributed by atoms with E-state index in [-0.39, 0.29) is 5.54 Å². The molecule has 3 nitrogen and oxygen atoms in total. The zero-order valence-electron chi connectivity index (χ0n) is 8.69. The predicted octanol–water partition coefficient (Wildman–Crippen LogP) is 1.26. The van der Waals surface area contributed by atoms with Crippen LogP contribution in [0.25, 0.3) is 0 Å². The molecule has 80 valence electrons. The van der Waals surface area contributed by atoms with Crippen LogP contribution in [-0.2, 0) is 0 Å². The lowest BCUT2D eigenvalue weighted by atomic mass is 9.61. The maximum absolute atomic E-state index is 10.3. The summed E-state index contributed by atoms with van der Waals surface area (Å²) < 4.78 is 0. The second-order valence-electron chi connectivity index (χ2n) is 4.80. The Labute approximate surface area is 89.5 Å². The standard InChI is InChI=1S/C12H16N2O/c15-11(10-3-1-2-5-13-10)12-7-9(8-12)4-6-14-12/h1-3,5,9,11,14-15H,4,6-8H2. The molecule has 1 atom stereocenters. The third-order valence-electron chi connectivity index (χ3n) is 3.83. The second-order valence-corrected chi connectivity index (χ2v) is 4.80. The van der Waals surface area contributed by atoms with Crippen molar-refractivity contribution in [1.29, 1.82) is 0 Å². The SMILES string of the molecule is OC(c1ccccn1)C12CC(CCN1)C2. The first-order valence-corrected chi connectivity index (χ1v) is 5.64. The van der Waals surface area contributed by atoms with E-state index in [1.807, 2.05) is 18.2 Å². The number of aliphatic hydroxyl groups excluding tert-OH is 1. The lowest BCUT2D eigenvalue weighted by molar-refractivity contribution is -0.0570. The summed E-state index contributed by atoms with van der Waals surface area (Å²) in [5.41, 5.74) is 0.724. The van der Waals surface area contributed by atoms with E-state index in [1.165, 1.54) is 6.42 Å². The molecule has 2 saturated heterocycles. The van der Waals surface area contributed by atoms with E-state index >= 15 is 0 Å². The molecule has 3 heteroatoms. The fourth-order valence-electron chi connectivity index (χ4n) is 2.98. The number of rotatable bonds is 2. The van der Waals surface area contributed by atoms with Crippen molar-refractivity contribution in [2.75, 3.05) is 6.54 Å². The Morgan fingerprint density at radius 1 is 1.47 bits per heavy atom. The van der Waals surface area contributed by atoms with Crippen LogP contribution in [0.5, 0.6) is 0 Å². The van der Waals surface area contributed by atoms with Crippen molar-refractivity contribution < 1.29 is 5.11 Å². The van der Waals surface area contributed by atoms with Crippen LogP contribution in [0.15, 0.2) is 24.4 Å². The molecule has 1 saturated carbocycles. The number of nitrogens with zero attached hydrogens (tertiary/aromatic N) is 1. The van der Waals surface area contributed by atoms with E-state index in [1.54, 1.807) is 6.20 Å². The van der Waals surface area contributed by atoms with Crippen molar-refractivity contribution in [3.05, 3.63) is 30.1 Å². The summed E-state index contributed by atoms with van der Waals surface area (Å²) >= 11 is 0. The average molecular weight is 204 g/mol. The van der Waals surface area contributed by atoms with Gasteiger partial charge in [0.2, 0.25) is 0 Å². The summed E-state index contributed by atoms with van der Waals surface area (Å²) in [4.78, 5) is 4.23. The molecular weight excluding hydrogens is 188 g/mol. The summed E-state index contributed by atoms with van der Waals surface area (Å²) in [7, 11) is 0. The Morgan fingerprint density at radius 3 is 2.93 bits per heavy atom. The highest BCUT2D eigenvalue weighted by Crippen LogP contribution is 2.49. The smallest absolute Gasteiger partial charge is 0.114 e. The van der Waals surface area contributed by atoms with Crippen LogP contribution in [0, 0.1) is 5.92 Å². The summed E-state index contributed by atoms with van der Waals surface area (Å²) in [6.07, 6.45) is 4.76. The van der Waals surface area contributed by atoms with Gasteiger partial charge in [0.1, 0.15) is 6.10 Å². The Kier molecular flexibility index (Phi) is 2.04. The minimum Gasteiger partial charge on any atom is -0.385 e. The van der Waals surface area contributed by atoms with Crippen molar-refractivity contribution >= 4 is 0 Å². The first-order valence-electron chi connectivity index (χ1n) is 5.64. The maximum atomic E-state index is 10.3. The van der Waals surface area contributed by atoms with Gasteiger partial charge in [-0.1, -0.05) is 6.07 Å². The molecule has 1 aromatic rings. The van der Waals surface area contributed by atoms with Gasteiger partial charge in [0.05, 0.1) is 11.2 Å². The van der Waals surface area contributed by atoms with Gasteiger partial charge in [0, 0.05) is 6.20 Å². The fraction of sp³-hybridized carbons (Fsp3) is 0.583. The number of nitrogens with one attached hydrogen (secondary N) is 1. The van der Waals surface area contributed by atoms with Gasteiger partial charge < -0.3 is 10.4 Å². The lowest BCUT2D eigenvalue weighted by Crippen LogP contribution is -2.63. The van der Waals surface area contributed by atoms with Crippen LogP contribution < -0.4 is 5.32 Å². The normalized spacial score (nSPS) is 35.7. The number of aromatic nitrogens is 1. The third-order valence-corrected chi connectivity index (χ3v) is 3.83. The quantitative estimate of drug-likeness (QED) is 0.762. The van der Waals surface area contributed by atoms with Crippen molar-refractivity contribution in [3.63, 3.8) is 0 Å². The summed E-state index contributed by atoms with van der Waals surface area (Å²) in [5.74, 6) is 0.824. The Balaban J connectivity index is 1.83. The molecule has 2 aliphatic heterocycles. The molecule has 3 aliphatic rings. The van der Waals surface area contributed by atoms with E-state index in [4.69, 9.17) is 0 Å². The summed E-state index contributed by atoms with van der Waals surface area (Å²) in [5, 5.41) is 13.8. The average Bonchev–Trinajstić information content (AvgIpc) is 2.29. The largest absolute Gasteiger partial charge is 0.385 e. The predicted molar refractivity (Wildman–Crippen MR) is 57.3 cm³/mol. The number of hydrogen-bond donors (Lipinski definition) is 2. The van der Waals surface area contributed by atoms with Gasteiger partial charge in [-0.2, -0.15) is 0 Å². The Bertz CT molecular complexity index is 340. The number of pyridine rings is 1. The number of piperidine rings is 2. The highest BCUT2D eigenvalue weighted by atomic mass is 16.3. The van der Waals surface area contributed by atoms with Gasteiger partial charge in [0.15, 0.2) is 0 Å². The highest BCUT2D eigenvalue weighted by molar-refractivity contribution is 5.18. The number of aliphatic hydroxyl groups is 1. The highest BCUT2D eigenvalue weighted by Gasteiger charge is 2.52. The first-order chi connectivity index (χ1) is 7.30. The molecule has 3 heterocycles. The Hall–Kier alpha value is -0.930. The van der Waals surface area contributed by atoms with Gasteiger partial charge >= 0.3 is 0 Å². The van der Waals surface area contributed by atoms with Gasteiger partial charge in [0.25, 0.3) is 0 Å². The fourth-order valence-corrected chi connectivity index (χ4v) is 2.98. The molecule has 0 amide bonds. The van der Waals surface area contributed by atoms with Crippen LogP contribution in [0.4, 0.5) is 0 Å². The minimum absolute atomic E-state index is 0.0722. The van der Waals surface area contributed by atoms with Gasteiger partial charge in [-0.05, 0) is 43.9 Å². The molecule has 1 aromatic heterocycles. The minimum atomic E-state index is -0.449. The second kappa shape index (κ2) is 3.29. The number of fused-ring (bicyclic) bond motifs is 2. The molecule has 3 fully saturated rings. The molecule has 15 heavy (non-hydrogen) atoms. The zero-order valence-corrected chi connectivity index (χ0v) is 8.69. The van der Waals surface area contributed by atoms with Crippen molar-refractivity contribution in [1.82, 2.24) is 10.3 Å². The third kappa shape index (κ3) is 1.38. The maximum Gasteiger partial charge on any atom is 0.114 e. The van der Waals surface area contributed by atoms with E-state index in [9.17, 15) is 5.11 Å². The first kappa shape index (κ1) is 9.31. The summed E-state index contributed by atoms with van der Waals surface area (Å²) in [6, 6.07) is 5.72. The zero-order chi connectivity index (χ0) is 10.3. The van der Waals surface area contributed by atoms with Crippen LogP contribution in [0.2, 0.25) is 0 Å². The van der Waals surface area contributed by atoms with Gasteiger partial charge in [-0.25, -0.2) is 0 Å². The van der Waals surface area contributed by atoms with E-state index < -0.39 is 6.10 Å². The van der Waals surface area contributed by atoms with Gasteiger partial charge in [-0.15, -0.1) is 0 Å². The lowest BCUT2D eigenvalue weighted by Gasteiger charge is -2.55. The molecule has 0 aromatic carbocycles. The van der Waals surface area contributed by atoms with E-state index in [2.05, 4.69) is 10.3 Å². The van der Waals surface area contributed by atoms with Crippen LogP contribution in [0.3, 0.4) is 0 Å². The topological polar surface area (TPSA) is 45.2 Å². The molecule has 0 radical (unpaired) electrons. The molecule has 0 spiro atoms. The molecule has 4 rings (SSSR count). The van der Waals surface area contributed by atoms with Gasteiger partial charge in [-0.3, -0.25) is 4.98 Å². The van der Waals surface area contributed by atoms with Crippen LogP contribution >= 0.6 is 0 Å². The summed E-state index contributed by atoms with van der Waals surface area (Å²) in [6.45, 7) is 1.04. The number of hydrogen-bond acceptors (Lipinski definition) is 3. The molecule has 2 bridgehead atoms. The van der Waals surface area contributed by atoms with E-state index in [0.29, 0.717) is 0 Å².